The molecule has 0 spiro atoms. The van der Waals surface area contributed by atoms with Crippen LogP contribution in [0.4, 0.5) is 0 Å². The fourth-order valence-electron chi connectivity index (χ4n) is 1.33. The molecule has 0 saturated carbocycles. The van der Waals surface area contributed by atoms with Gasteiger partial charge in [-0.15, -0.1) is 0 Å². The maximum absolute atomic E-state index is 6.03. The summed E-state index contributed by atoms with van der Waals surface area (Å²) < 4.78 is 5.35. The number of halogens is 1. The van der Waals surface area contributed by atoms with Crippen molar-refractivity contribution in [3.05, 3.63) is 41.2 Å². The quantitative estimate of drug-likeness (QED) is 0.868. The van der Waals surface area contributed by atoms with Gasteiger partial charge in [0.05, 0.1) is 16.3 Å². The predicted octanol–water partition coefficient (Wildman–Crippen LogP) is 2.71. The summed E-state index contributed by atoms with van der Waals surface area (Å²) >= 11 is 6.03. The molecule has 0 saturated heterocycles. The van der Waals surface area contributed by atoms with E-state index in [-0.39, 0.29) is 0 Å². The van der Waals surface area contributed by atoms with Crippen molar-refractivity contribution in [2.75, 3.05) is 7.05 Å². The van der Waals surface area contributed by atoms with Crippen molar-refractivity contribution in [3.8, 4) is 11.5 Å². The molecule has 0 unspecified atom stereocenters. The first-order valence-electron chi connectivity index (χ1n) is 4.65. The van der Waals surface area contributed by atoms with E-state index < -0.39 is 0 Å². The normalized spacial score (nSPS) is 10.5. The molecule has 2 aromatic rings. The van der Waals surface area contributed by atoms with E-state index in [0.717, 1.165) is 11.3 Å². The summed E-state index contributed by atoms with van der Waals surface area (Å²) in [7, 11) is 1.86. The summed E-state index contributed by atoms with van der Waals surface area (Å²) in [5.74, 6) is 0.561. The number of nitrogens with zero attached hydrogens (tertiary/aromatic N) is 1. The number of oxazole rings is 1. The Morgan fingerprint density at radius 2 is 2.20 bits per heavy atom. The highest BCUT2D eigenvalue weighted by Crippen LogP contribution is 2.26. The molecule has 1 aromatic heterocycles. The van der Waals surface area contributed by atoms with Gasteiger partial charge in [-0.3, -0.25) is 0 Å². The van der Waals surface area contributed by atoms with E-state index >= 15 is 0 Å². The zero-order chi connectivity index (χ0) is 10.7. The second-order valence-corrected chi connectivity index (χ2v) is 3.56. The van der Waals surface area contributed by atoms with Gasteiger partial charge in [-0.2, -0.15) is 0 Å². The van der Waals surface area contributed by atoms with Gasteiger partial charge in [-0.1, -0.05) is 23.7 Å². The minimum atomic E-state index is 0.561. The molecular formula is C11H11ClN2O. The average Bonchev–Trinajstić information content (AvgIpc) is 2.68. The van der Waals surface area contributed by atoms with Crippen molar-refractivity contribution in [2.24, 2.45) is 0 Å². The van der Waals surface area contributed by atoms with Crippen molar-refractivity contribution >= 4 is 11.6 Å². The standard InChI is InChI=1S/C11H11ClN2O/c1-13-6-8-7-15-11(14-8)9-4-2-3-5-10(9)12/h2-5,7,13H,6H2,1H3. The van der Waals surface area contributed by atoms with Crippen molar-refractivity contribution in [1.29, 1.82) is 0 Å². The van der Waals surface area contributed by atoms with Gasteiger partial charge in [0.15, 0.2) is 0 Å². The lowest BCUT2D eigenvalue weighted by molar-refractivity contribution is 0.571. The lowest BCUT2D eigenvalue weighted by Gasteiger charge is -1.97. The number of rotatable bonds is 3. The molecular weight excluding hydrogens is 212 g/mol. The highest BCUT2D eigenvalue weighted by Gasteiger charge is 2.08. The predicted molar refractivity (Wildman–Crippen MR) is 59.7 cm³/mol. The van der Waals surface area contributed by atoms with Crippen molar-refractivity contribution in [1.82, 2.24) is 10.3 Å². The first-order chi connectivity index (χ1) is 7.31. The van der Waals surface area contributed by atoms with Crippen LogP contribution in [0.5, 0.6) is 0 Å². The third kappa shape index (κ3) is 2.19. The Balaban J connectivity index is 2.33. The third-order valence-electron chi connectivity index (χ3n) is 2.01. The van der Waals surface area contributed by atoms with Crippen LogP contribution in [0.3, 0.4) is 0 Å². The van der Waals surface area contributed by atoms with Crippen LogP contribution in [0.25, 0.3) is 11.5 Å². The Morgan fingerprint density at radius 1 is 1.40 bits per heavy atom. The van der Waals surface area contributed by atoms with Crippen molar-refractivity contribution in [2.45, 2.75) is 6.54 Å². The molecule has 0 atom stereocenters. The zero-order valence-corrected chi connectivity index (χ0v) is 9.08. The maximum Gasteiger partial charge on any atom is 0.227 e. The van der Waals surface area contributed by atoms with Crippen molar-refractivity contribution in [3.63, 3.8) is 0 Å². The second-order valence-electron chi connectivity index (χ2n) is 3.15. The van der Waals surface area contributed by atoms with E-state index in [2.05, 4.69) is 10.3 Å². The van der Waals surface area contributed by atoms with E-state index in [9.17, 15) is 0 Å². The Bertz CT molecular complexity index is 453. The van der Waals surface area contributed by atoms with Crippen LogP contribution in [0, 0.1) is 0 Å². The Hall–Kier alpha value is -1.32. The lowest BCUT2D eigenvalue weighted by atomic mass is 10.2. The van der Waals surface area contributed by atoms with Gasteiger partial charge >= 0.3 is 0 Å². The molecule has 0 aliphatic rings. The minimum Gasteiger partial charge on any atom is -0.444 e. The molecule has 0 fully saturated rings. The third-order valence-corrected chi connectivity index (χ3v) is 2.34. The Labute approximate surface area is 93.1 Å². The fourth-order valence-corrected chi connectivity index (χ4v) is 1.54. The van der Waals surface area contributed by atoms with Crippen LogP contribution >= 0.6 is 11.6 Å². The molecule has 0 amide bonds. The topological polar surface area (TPSA) is 38.1 Å². The molecule has 0 bridgehead atoms. The number of benzene rings is 1. The van der Waals surface area contributed by atoms with Gasteiger partial charge in [0.2, 0.25) is 5.89 Å². The minimum absolute atomic E-state index is 0.561. The molecule has 1 heterocycles. The zero-order valence-electron chi connectivity index (χ0n) is 8.33. The van der Waals surface area contributed by atoms with Gasteiger partial charge in [0.25, 0.3) is 0 Å². The van der Waals surface area contributed by atoms with Gasteiger partial charge < -0.3 is 9.73 Å². The smallest absolute Gasteiger partial charge is 0.227 e. The summed E-state index contributed by atoms with van der Waals surface area (Å²) in [6.07, 6.45) is 1.63. The largest absolute Gasteiger partial charge is 0.444 e. The van der Waals surface area contributed by atoms with E-state index in [1.807, 2.05) is 31.3 Å². The number of hydrogen-bond donors (Lipinski definition) is 1. The fraction of sp³-hybridized carbons (Fsp3) is 0.182. The van der Waals surface area contributed by atoms with E-state index in [0.29, 0.717) is 17.5 Å². The van der Waals surface area contributed by atoms with E-state index in [1.165, 1.54) is 0 Å². The molecule has 0 aliphatic heterocycles. The molecule has 0 aliphatic carbocycles. The van der Waals surface area contributed by atoms with Crippen LogP contribution in [0.15, 0.2) is 34.9 Å². The molecule has 3 nitrogen and oxygen atoms in total. The first kappa shape index (κ1) is 10.2. The summed E-state index contributed by atoms with van der Waals surface area (Å²) in [5, 5.41) is 3.66. The summed E-state index contributed by atoms with van der Waals surface area (Å²) in [5.41, 5.74) is 1.69. The highest BCUT2D eigenvalue weighted by molar-refractivity contribution is 6.33. The Kier molecular flexibility index (Phi) is 3.04. The average molecular weight is 223 g/mol. The Morgan fingerprint density at radius 3 is 2.93 bits per heavy atom. The van der Waals surface area contributed by atoms with Gasteiger partial charge in [-0.05, 0) is 19.2 Å². The van der Waals surface area contributed by atoms with Gasteiger partial charge in [0, 0.05) is 6.54 Å². The first-order valence-corrected chi connectivity index (χ1v) is 5.03. The molecule has 78 valence electrons. The molecule has 15 heavy (non-hydrogen) atoms. The van der Waals surface area contributed by atoms with Crippen molar-refractivity contribution < 1.29 is 4.42 Å². The van der Waals surface area contributed by atoms with Crippen LogP contribution in [-0.4, -0.2) is 12.0 Å². The van der Waals surface area contributed by atoms with Gasteiger partial charge in [-0.25, -0.2) is 4.98 Å². The monoisotopic (exact) mass is 222 g/mol. The van der Waals surface area contributed by atoms with Crippen LogP contribution in [-0.2, 0) is 6.54 Å². The van der Waals surface area contributed by atoms with E-state index in [4.69, 9.17) is 16.0 Å². The summed E-state index contributed by atoms with van der Waals surface area (Å²) in [6, 6.07) is 7.49. The maximum atomic E-state index is 6.03. The molecule has 2 rings (SSSR count). The van der Waals surface area contributed by atoms with Crippen LogP contribution < -0.4 is 5.32 Å². The van der Waals surface area contributed by atoms with Crippen LogP contribution in [0.1, 0.15) is 5.69 Å². The molecule has 1 aromatic carbocycles. The molecule has 4 heteroatoms. The lowest BCUT2D eigenvalue weighted by Crippen LogP contribution is -2.04. The van der Waals surface area contributed by atoms with Gasteiger partial charge in [0.1, 0.15) is 6.26 Å². The van der Waals surface area contributed by atoms with Crippen LogP contribution in [0.2, 0.25) is 5.02 Å². The molecule has 1 N–H and O–H groups in total. The number of aromatic nitrogens is 1. The second kappa shape index (κ2) is 4.47. The SMILES string of the molecule is CNCc1coc(-c2ccccc2Cl)n1. The summed E-state index contributed by atoms with van der Waals surface area (Å²) in [6.45, 7) is 0.688. The highest BCUT2D eigenvalue weighted by atomic mass is 35.5. The van der Waals surface area contributed by atoms with E-state index in [1.54, 1.807) is 6.26 Å². The molecule has 0 radical (unpaired) electrons. The number of hydrogen-bond acceptors (Lipinski definition) is 3. The summed E-state index contributed by atoms with van der Waals surface area (Å²) in [4.78, 5) is 4.32. The number of nitrogens with one attached hydrogen (secondary N) is 1.